The van der Waals surface area contributed by atoms with E-state index in [9.17, 15) is 0 Å². The highest BCUT2D eigenvalue weighted by atomic mass is 35.5. The number of nitrogens with two attached hydrogens (primary N) is 1. The zero-order chi connectivity index (χ0) is 14.7. The van der Waals surface area contributed by atoms with Gasteiger partial charge in [0, 0.05) is 18.6 Å². The molecule has 2 unspecified atom stereocenters. The summed E-state index contributed by atoms with van der Waals surface area (Å²) in [7, 11) is 1.64. The van der Waals surface area contributed by atoms with Gasteiger partial charge in [0.05, 0.1) is 12.1 Å². The van der Waals surface area contributed by atoms with Gasteiger partial charge in [0.15, 0.2) is 0 Å². The van der Waals surface area contributed by atoms with E-state index in [0.29, 0.717) is 10.9 Å². The molecule has 1 aliphatic heterocycles. The molecule has 1 aromatic carbocycles. The zero-order valence-corrected chi connectivity index (χ0v) is 13.4. The van der Waals surface area contributed by atoms with E-state index in [4.69, 9.17) is 22.1 Å². The Kier molecular flexibility index (Phi) is 5.30. The smallest absolute Gasteiger partial charge is 0.137 e. The first-order valence-electron chi connectivity index (χ1n) is 7.36. The Morgan fingerprint density at radius 3 is 2.80 bits per heavy atom. The van der Waals surface area contributed by atoms with Crippen LogP contribution in [0, 0.1) is 5.92 Å². The van der Waals surface area contributed by atoms with Crippen LogP contribution < -0.4 is 10.5 Å². The summed E-state index contributed by atoms with van der Waals surface area (Å²) >= 11 is 6.27. The van der Waals surface area contributed by atoms with E-state index in [1.807, 2.05) is 12.1 Å². The van der Waals surface area contributed by atoms with Crippen molar-refractivity contribution in [3.63, 3.8) is 0 Å². The first-order valence-corrected chi connectivity index (χ1v) is 7.73. The van der Waals surface area contributed by atoms with Gasteiger partial charge < -0.3 is 10.5 Å². The summed E-state index contributed by atoms with van der Waals surface area (Å²) < 4.78 is 5.23. The molecular weight excluding hydrogens is 272 g/mol. The van der Waals surface area contributed by atoms with Crippen molar-refractivity contribution in [1.82, 2.24) is 4.90 Å². The van der Waals surface area contributed by atoms with Crippen LogP contribution in [0.2, 0.25) is 5.02 Å². The van der Waals surface area contributed by atoms with E-state index in [0.717, 1.165) is 25.3 Å². The molecule has 1 fully saturated rings. The maximum absolute atomic E-state index is 6.38. The van der Waals surface area contributed by atoms with Gasteiger partial charge in [-0.2, -0.15) is 0 Å². The Hall–Kier alpha value is -0.770. The lowest BCUT2D eigenvalue weighted by Gasteiger charge is -2.41. The van der Waals surface area contributed by atoms with E-state index in [1.54, 1.807) is 7.11 Å². The van der Waals surface area contributed by atoms with Gasteiger partial charge in [0.1, 0.15) is 5.75 Å². The average Bonchev–Trinajstić information content (AvgIpc) is 2.38. The van der Waals surface area contributed by atoms with E-state index in [-0.39, 0.29) is 12.1 Å². The molecular formula is C16H25ClN2O. The van der Waals surface area contributed by atoms with Gasteiger partial charge in [-0.1, -0.05) is 31.5 Å². The van der Waals surface area contributed by atoms with Gasteiger partial charge >= 0.3 is 0 Å². The number of methoxy groups -OCH3 is 1. The molecule has 1 aliphatic rings. The summed E-state index contributed by atoms with van der Waals surface area (Å²) in [6.07, 6.45) is 2.25. The molecule has 1 aromatic rings. The van der Waals surface area contributed by atoms with E-state index >= 15 is 0 Å². The van der Waals surface area contributed by atoms with Crippen LogP contribution >= 0.6 is 11.6 Å². The number of hydrogen-bond donors (Lipinski definition) is 1. The molecule has 0 saturated carbocycles. The minimum Gasteiger partial charge on any atom is -0.495 e. The fourth-order valence-corrected chi connectivity index (χ4v) is 3.36. The summed E-state index contributed by atoms with van der Waals surface area (Å²) in [5, 5.41) is 0.660. The third kappa shape index (κ3) is 3.46. The molecule has 0 amide bonds. The second-order valence-corrected chi connectivity index (χ2v) is 6.44. The number of nitrogens with zero attached hydrogens (tertiary/aromatic N) is 1. The molecule has 2 atom stereocenters. The van der Waals surface area contributed by atoms with Crippen molar-refractivity contribution in [2.24, 2.45) is 11.7 Å². The minimum atomic E-state index is 0.173. The monoisotopic (exact) mass is 296 g/mol. The predicted octanol–water partition coefficient (Wildman–Crippen LogP) is 3.47. The Bertz CT molecular complexity index is 450. The summed E-state index contributed by atoms with van der Waals surface area (Å²) in [4.78, 5) is 2.50. The number of rotatable bonds is 4. The van der Waals surface area contributed by atoms with E-state index in [1.165, 1.54) is 12.0 Å². The molecule has 1 saturated heterocycles. The summed E-state index contributed by atoms with van der Waals surface area (Å²) in [6, 6.07) is 6.46. The lowest BCUT2D eigenvalue weighted by Crippen LogP contribution is -2.47. The highest BCUT2D eigenvalue weighted by Gasteiger charge is 2.30. The largest absolute Gasteiger partial charge is 0.495 e. The number of piperidine rings is 1. The maximum Gasteiger partial charge on any atom is 0.137 e. The van der Waals surface area contributed by atoms with Crippen molar-refractivity contribution >= 4 is 11.6 Å². The molecule has 112 valence electrons. The molecule has 2 N–H and O–H groups in total. The van der Waals surface area contributed by atoms with Crippen LogP contribution in [0.1, 0.15) is 38.3 Å². The lowest BCUT2D eigenvalue weighted by atomic mass is 9.90. The van der Waals surface area contributed by atoms with Crippen LogP contribution in [-0.2, 0) is 0 Å². The third-order valence-corrected chi connectivity index (χ3v) is 4.19. The normalized spacial score (nSPS) is 24.1. The number of likely N-dealkylation sites (tertiary alicyclic amines) is 1. The Labute approximate surface area is 127 Å². The van der Waals surface area contributed by atoms with Crippen molar-refractivity contribution < 1.29 is 4.74 Å². The van der Waals surface area contributed by atoms with Gasteiger partial charge in [-0.05, 0) is 43.0 Å². The molecule has 2 rings (SSSR count). The SMILES string of the molecule is COc1ccc(C2C(N)CCCN2CC(C)C)cc1Cl. The fraction of sp³-hybridized carbons (Fsp3) is 0.625. The maximum atomic E-state index is 6.38. The van der Waals surface area contributed by atoms with E-state index < -0.39 is 0 Å². The molecule has 0 aliphatic carbocycles. The zero-order valence-electron chi connectivity index (χ0n) is 12.6. The summed E-state index contributed by atoms with van der Waals surface area (Å²) in [5.41, 5.74) is 7.58. The number of ether oxygens (including phenoxy) is 1. The molecule has 4 heteroatoms. The summed E-state index contributed by atoms with van der Waals surface area (Å²) in [6.45, 7) is 6.68. The highest BCUT2D eigenvalue weighted by Crippen LogP contribution is 2.34. The first kappa shape index (κ1) is 15.6. The van der Waals surface area contributed by atoms with Gasteiger partial charge in [0.25, 0.3) is 0 Å². The number of hydrogen-bond acceptors (Lipinski definition) is 3. The second-order valence-electron chi connectivity index (χ2n) is 6.03. The van der Waals surface area contributed by atoms with Crippen LogP contribution in [0.15, 0.2) is 18.2 Å². The third-order valence-electron chi connectivity index (χ3n) is 3.90. The fourth-order valence-electron chi connectivity index (χ4n) is 3.10. The predicted molar refractivity (Wildman–Crippen MR) is 84.4 cm³/mol. The lowest BCUT2D eigenvalue weighted by molar-refractivity contribution is 0.114. The van der Waals surface area contributed by atoms with Crippen LogP contribution in [0.3, 0.4) is 0 Å². The van der Waals surface area contributed by atoms with Crippen LogP contribution in [0.25, 0.3) is 0 Å². The molecule has 1 heterocycles. The molecule has 3 nitrogen and oxygen atoms in total. The van der Waals surface area contributed by atoms with Crippen molar-refractivity contribution in [3.05, 3.63) is 28.8 Å². The summed E-state index contributed by atoms with van der Waals surface area (Å²) in [5.74, 6) is 1.35. The van der Waals surface area contributed by atoms with Gasteiger partial charge in [-0.15, -0.1) is 0 Å². The molecule has 0 spiro atoms. The number of benzene rings is 1. The molecule has 0 radical (unpaired) electrons. The molecule has 20 heavy (non-hydrogen) atoms. The van der Waals surface area contributed by atoms with Crippen molar-refractivity contribution in [2.75, 3.05) is 20.2 Å². The Morgan fingerprint density at radius 1 is 1.45 bits per heavy atom. The second kappa shape index (κ2) is 6.79. The van der Waals surface area contributed by atoms with Gasteiger partial charge in [-0.25, -0.2) is 0 Å². The molecule has 0 bridgehead atoms. The average molecular weight is 297 g/mol. The quantitative estimate of drug-likeness (QED) is 0.924. The van der Waals surface area contributed by atoms with Crippen molar-refractivity contribution in [3.8, 4) is 5.75 Å². The van der Waals surface area contributed by atoms with Gasteiger partial charge in [-0.3, -0.25) is 4.90 Å². The Balaban J connectivity index is 2.27. The topological polar surface area (TPSA) is 38.5 Å². The highest BCUT2D eigenvalue weighted by molar-refractivity contribution is 6.32. The van der Waals surface area contributed by atoms with E-state index in [2.05, 4.69) is 24.8 Å². The van der Waals surface area contributed by atoms with Crippen LogP contribution in [0.5, 0.6) is 5.75 Å². The number of halogens is 1. The van der Waals surface area contributed by atoms with Crippen LogP contribution in [-0.4, -0.2) is 31.1 Å². The Morgan fingerprint density at radius 2 is 2.20 bits per heavy atom. The van der Waals surface area contributed by atoms with Crippen molar-refractivity contribution in [2.45, 2.75) is 38.8 Å². The van der Waals surface area contributed by atoms with Gasteiger partial charge in [0.2, 0.25) is 0 Å². The first-order chi connectivity index (χ1) is 9.52. The van der Waals surface area contributed by atoms with Crippen LogP contribution in [0.4, 0.5) is 0 Å². The van der Waals surface area contributed by atoms with Crippen molar-refractivity contribution in [1.29, 1.82) is 0 Å². The standard InChI is InChI=1S/C16H25ClN2O/c1-11(2)10-19-8-4-5-14(18)16(19)12-6-7-15(20-3)13(17)9-12/h6-7,9,11,14,16H,4-5,8,10,18H2,1-3H3. The molecule has 0 aromatic heterocycles. The minimum absolute atomic E-state index is 0.173.